The van der Waals surface area contributed by atoms with E-state index in [-0.39, 0.29) is 22.0 Å². The molecule has 0 bridgehead atoms. The van der Waals surface area contributed by atoms with Gasteiger partial charge >= 0.3 is 12.1 Å². The van der Waals surface area contributed by atoms with E-state index in [1.54, 1.807) is 0 Å². The highest BCUT2D eigenvalue weighted by molar-refractivity contribution is 8.13. The average Bonchev–Trinajstić information content (AvgIpc) is 3.01. The summed E-state index contributed by atoms with van der Waals surface area (Å²) in [6.45, 7) is -1.38. The Bertz CT molecular complexity index is 1360. The minimum Gasteiger partial charge on any atom is -0.304 e. The largest absolute Gasteiger partial charge is 0.471 e. The summed E-state index contributed by atoms with van der Waals surface area (Å²) in [6, 6.07) is 3.76. The summed E-state index contributed by atoms with van der Waals surface area (Å²) in [4.78, 5) is 22.3. The molecule has 1 heterocycles. The number of nitro benzene ring substituents is 1. The fourth-order valence-electron chi connectivity index (χ4n) is 3.46. The Kier molecular flexibility index (Phi) is 5.91. The third-order valence-corrected chi connectivity index (χ3v) is 6.54. The fraction of sp³-hybridized carbons (Fsp3) is 0.312. The van der Waals surface area contributed by atoms with Crippen molar-refractivity contribution in [3.63, 3.8) is 0 Å². The minimum atomic E-state index is -5.28. The number of rotatable bonds is 5. The van der Waals surface area contributed by atoms with Gasteiger partial charge in [0.2, 0.25) is 0 Å². The number of amides is 1. The molecule has 1 atom stereocenters. The molecule has 16 heteroatoms. The lowest BCUT2D eigenvalue weighted by Gasteiger charge is -2.19. The summed E-state index contributed by atoms with van der Waals surface area (Å²) < 4.78 is 90.1. The molecule has 0 aliphatic carbocycles. The van der Waals surface area contributed by atoms with E-state index in [1.807, 2.05) is 0 Å². The molecule has 0 spiro atoms. The lowest BCUT2D eigenvalue weighted by Crippen LogP contribution is -2.40. The third-order valence-electron chi connectivity index (χ3n) is 4.64. The van der Waals surface area contributed by atoms with Gasteiger partial charge in [0.15, 0.2) is 0 Å². The molecule has 1 unspecified atom stereocenters. The topological polar surface area (TPSA) is 141 Å². The van der Waals surface area contributed by atoms with Crippen molar-refractivity contribution in [1.82, 2.24) is 0 Å². The summed E-state index contributed by atoms with van der Waals surface area (Å²) in [7, 11) is -3.16. The van der Waals surface area contributed by atoms with Crippen LogP contribution in [0.2, 0.25) is 0 Å². The van der Waals surface area contributed by atoms with E-state index in [0.29, 0.717) is 17.2 Å². The SMILES string of the molecule is CS(=O)(=O)OCC1CN(C(=O)C(F)(F)F)c2ccc3cc(S(=O)(=O)Cl)cc([N+](=O)[O-])c3c21. The number of hydrogen-bond donors (Lipinski definition) is 0. The molecule has 0 fully saturated rings. The summed E-state index contributed by atoms with van der Waals surface area (Å²) in [6.07, 6.45) is -4.58. The van der Waals surface area contributed by atoms with E-state index in [2.05, 4.69) is 4.18 Å². The van der Waals surface area contributed by atoms with Crippen LogP contribution in [0.4, 0.5) is 24.5 Å². The van der Waals surface area contributed by atoms with Crippen LogP contribution >= 0.6 is 10.7 Å². The molecule has 32 heavy (non-hydrogen) atoms. The zero-order chi connectivity index (χ0) is 24.2. The molecule has 1 amide bonds. The maximum absolute atomic E-state index is 13.1. The Balaban J connectivity index is 2.34. The van der Waals surface area contributed by atoms with Crippen molar-refractivity contribution in [3.8, 4) is 0 Å². The van der Waals surface area contributed by atoms with Gasteiger partial charge in [-0.2, -0.15) is 21.6 Å². The maximum Gasteiger partial charge on any atom is 0.471 e. The molecule has 2 aromatic carbocycles. The van der Waals surface area contributed by atoms with Crippen molar-refractivity contribution in [2.45, 2.75) is 17.0 Å². The molecule has 0 N–H and O–H groups in total. The molecule has 0 saturated heterocycles. The van der Waals surface area contributed by atoms with E-state index in [0.717, 1.165) is 18.2 Å². The number of non-ortho nitro benzene ring substituents is 1. The van der Waals surface area contributed by atoms with Crippen molar-refractivity contribution in [1.29, 1.82) is 0 Å². The molecule has 3 rings (SSSR count). The Morgan fingerprint density at radius 2 is 1.91 bits per heavy atom. The Labute approximate surface area is 183 Å². The fourth-order valence-corrected chi connectivity index (χ4v) is 4.66. The Hall–Kier alpha value is -2.49. The van der Waals surface area contributed by atoms with Crippen LogP contribution in [0.15, 0.2) is 29.2 Å². The number of carbonyl (C=O) groups is 1. The molecule has 1 aliphatic heterocycles. The van der Waals surface area contributed by atoms with E-state index >= 15 is 0 Å². The van der Waals surface area contributed by atoms with Gasteiger partial charge in [-0.15, -0.1) is 0 Å². The van der Waals surface area contributed by atoms with Gasteiger partial charge in [-0.1, -0.05) is 6.07 Å². The quantitative estimate of drug-likeness (QED) is 0.255. The predicted octanol–water partition coefficient (Wildman–Crippen LogP) is 2.64. The van der Waals surface area contributed by atoms with E-state index in [1.165, 1.54) is 0 Å². The zero-order valence-corrected chi connectivity index (χ0v) is 18.2. The van der Waals surface area contributed by atoms with Crippen molar-refractivity contribution >= 4 is 57.9 Å². The van der Waals surface area contributed by atoms with Crippen LogP contribution in [-0.2, 0) is 28.1 Å². The highest BCUT2D eigenvalue weighted by atomic mass is 35.7. The second-order valence-corrected chi connectivity index (χ2v) is 11.0. The van der Waals surface area contributed by atoms with Gasteiger partial charge in [0.25, 0.3) is 24.9 Å². The van der Waals surface area contributed by atoms with E-state index < -0.39 is 65.8 Å². The van der Waals surface area contributed by atoms with Gasteiger partial charge in [-0.05, 0) is 23.1 Å². The minimum absolute atomic E-state index is 0.0668. The Morgan fingerprint density at radius 1 is 1.28 bits per heavy atom. The van der Waals surface area contributed by atoms with Crippen LogP contribution < -0.4 is 4.90 Å². The standard InChI is InChI=1S/C16H12ClF3N2O8S2/c1-31(26,27)30-7-9-6-21(15(23)16(18,19)20)11-3-2-8-4-10(32(17,28)29)5-12(22(24)25)13(8)14(9)11/h2-5,9H,6-7H2,1H3. The normalized spacial score (nSPS) is 16.9. The number of nitrogens with zero attached hydrogens (tertiary/aromatic N) is 2. The van der Waals surface area contributed by atoms with Crippen LogP contribution in [0.5, 0.6) is 0 Å². The summed E-state index contributed by atoms with van der Waals surface area (Å²) in [5.41, 5.74) is -1.30. The molecular weight excluding hydrogens is 505 g/mol. The van der Waals surface area contributed by atoms with Gasteiger partial charge in [-0.3, -0.25) is 19.1 Å². The van der Waals surface area contributed by atoms with Gasteiger partial charge in [0.1, 0.15) is 0 Å². The first kappa shape index (κ1) is 24.2. The van der Waals surface area contributed by atoms with Crippen LogP contribution in [0, 0.1) is 10.1 Å². The number of anilines is 1. The smallest absolute Gasteiger partial charge is 0.304 e. The van der Waals surface area contributed by atoms with Gasteiger partial charge in [0.05, 0.1) is 28.1 Å². The lowest BCUT2D eigenvalue weighted by atomic mass is 9.94. The number of benzene rings is 2. The van der Waals surface area contributed by atoms with Crippen LogP contribution in [0.3, 0.4) is 0 Å². The number of alkyl halides is 3. The van der Waals surface area contributed by atoms with Gasteiger partial charge in [-0.25, -0.2) is 8.42 Å². The highest BCUT2D eigenvalue weighted by Gasteiger charge is 2.47. The van der Waals surface area contributed by atoms with Crippen molar-refractivity contribution < 1.29 is 43.9 Å². The molecule has 2 aromatic rings. The summed E-state index contributed by atoms with van der Waals surface area (Å²) in [5.74, 6) is -3.46. The molecule has 0 aromatic heterocycles. The number of carbonyl (C=O) groups excluding carboxylic acids is 1. The number of hydrogen-bond acceptors (Lipinski definition) is 8. The molecular formula is C16H12ClF3N2O8S2. The first-order chi connectivity index (χ1) is 14.5. The van der Waals surface area contributed by atoms with Crippen LogP contribution in [0.1, 0.15) is 11.5 Å². The number of halogens is 4. The van der Waals surface area contributed by atoms with Gasteiger partial charge < -0.3 is 4.90 Å². The first-order valence-corrected chi connectivity index (χ1v) is 12.6. The lowest BCUT2D eigenvalue weighted by molar-refractivity contribution is -0.383. The van der Waals surface area contributed by atoms with Crippen molar-refractivity contribution in [2.75, 3.05) is 24.3 Å². The summed E-state index contributed by atoms with van der Waals surface area (Å²) >= 11 is 0. The number of fused-ring (bicyclic) bond motifs is 3. The predicted molar refractivity (Wildman–Crippen MR) is 106 cm³/mol. The van der Waals surface area contributed by atoms with Crippen LogP contribution in [0.25, 0.3) is 10.8 Å². The van der Waals surface area contributed by atoms with Gasteiger partial charge in [0, 0.05) is 34.9 Å². The summed E-state index contributed by atoms with van der Waals surface area (Å²) in [5, 5.41) is 11.3. The molecule has 174 valence electrons. The second-order valence-electron chi connectivity index (χ2n) is 6.83. The van der Waals surface area contributed by atoms with Crippen molar-refractivity contribution in [3.05, 3.63) is 39.9 Å². The van der Waals surface area contributed by atoms with Crippen molar-refractivity contribution in [2.24, 2.45) is 0 Å². The Morgan fingerprint density at radius 3 is 2.41 bits per heavy atom. The molecule has 0 radical (unpaired) electrons. The first-order valence-electron chi connectivity index (χ1n) is 8.43. The van der Waals surface area contributed by atoms with Crippen LogP contribution in [-0.4, -0.2) is 53.2 Å². The second kappa shape index (κ2) is 7.83. The molecule has 1 aliphatic rings. The average molecular weight is 517 g/mol. The van der Waals surface area contributed by atoms with E-state index in [4.69, 9.17) is 10.7 Å². The number of nitro groups is 1. The van der Waals surface area contributed by atoms with E-state index in [9.17, 15) is 44.9 Å². The zero-order valence-electron chi connectivity index (χ0n) is 15.8. The maximum atomic E-state index is 13.1. The highest BCUT2D eigenvalue weighted by Crippen LogP contribution is 2.46. The molecule has 10 nitrogen and oxygen atoms in total. The molecule has 0 saturated carbocycles. The monoisotopic (exact) mass is 516 g/mol. The third kappa shape index (κ3) is 4.65.